The average molecular weight is 388 g/mol. The lowest BCUT2D eigenvalue weighted by molar-refractivity contribution is -0.128. The topological polar surface area (TPSA) is 101 Å². The summed E-state index contributed by atoms with van der Waals surface area (Å²) in [6.07, 6.45) is 7.65. The lowest BCUT2D eigenvalue weighted by Crippen LogP contribution is -2.46. The summed E-state index contributed by atoms with van der Waals surface area (Å²) in [7, 11) is 0. The number of amides is 3. The van der Waals surface area contributed by atoms with Gasteiger partial charge in [-0.05, 0) is 31.4 Å². The summed E-state index contributed by atoms with van der Waals surface area (Å²) in [4.78, 5) is 36.0. The van der Waals surface area contributed by atoms with E-state index in [1.54, 1.807) is 0 Å². The Labute approximate surface area is 168 Å². The number of unbranched alkanes of at least 4 members (excludes halogenated alkanes) is 4. The van der Waals surface area contributed by atoms with Crippen molar-refractivity contribution in [3.05, 3.63) is 47.5 Å². The molecular weight excluding hydrogens is 354 g/mol. The number of hydrogen-bond acceptors (Lipinski definition) is 3. The van der Waals surface area contributed by atoms with Crippen LogP contribution in [0.15, 0.2) is 42.0 Å². The summed E-state index contributed by atoms with van der Waals surface area (Å²) in [6.45, 7) is 4.11. The van der Waals surface area contributed by atoms with E-state index in [9.17, 15) is 14.4 Å². The molecule has 0 aliphatic carbocycles. The second-order valence-electron chi connectivity index (χ2n) is 6.95. The SMILES string of the molecule is CCCCCCCC(=O)NC(/C=C(/C)C(N)=O)C(=O)NCCc1ccccc1. The van der Waals surface area contributed by atoms with Gasteiger partial charge in [0.1, 0.15) is 6.04 Å². The molecule has 6 nitrogen and oxygen atoms in total. The van der Waals surface area contributed by atoms with E-state index in [1.807, 2.05) is 30.3 Å². The lowest BCUT2D eigenvalue weighted by Gasteiger charge is -2.16. The number of rotatable bonds is 13. The normalized spacial score (nSPS) is 12.3. The summed E-state index contributed by atoms with van der Waals surface area (Å²) in [6, 6.07) is 8.89. The van der Waals surface area contributed by atoms with Crippen LogP contribution in [0.1, 0.15) is 57.9 Å². The lowest BCUT2D eigenvalue weighted by atomic mass is 10.1. The molecule has 0 spiro atoms. The van der Waals surface area contributed by atoms with Crippen LogP contribution in [0.4, 0.5) is 0 Å². The van der Waals surface area contributed by atoms with Crippen molar-refractivity contribution in [1.82, 2.24) is 10.6 Å². The zero-order chi connectivity index (χ0) is 20.8. The molecule has 0 saturated carbocycles. The molecule has 0 heterocycles. The van der Waals surface area contributed by atoms with Gasteiger partial charge in [0.15, 0.2) is 0 Å². The van der Waals surface area contributed by atoms with Crippen LogP contribution in [-0.4, -0.2) is 30.3 Å². The van der Waals surface area contributed by atoms with Crippen molar-refractivity contribution in [3.63, 3.8) is 0 Å². The van der Waals surface area contributed by atoms with Gasteiger partial charge < -0.3 is 16.4 Å². The summed E-state index contributed by atoms with van der Waals surface area (Å²) in [5.41, 5.74) is 6.62. The predicted octanol–water partition coefficient (Wildman–Crippen LogP) is 2.62. The third-order valence-electron chi connectivity index (χ3n) is 4.47. The van der Waals surface area contributed by atoms with Gasteiger partial charge in [0.25, 0.3) is 0 Å². The Morgan fingerprint density at radius 1 is 1.07 bits per heavy atom. The van der Waals surface area contributed by atoms with Crippen LogP contribution in [0, 0.1) is 0 Å². The molecule has 0 fully saturated rings. The van der Waals surface area contributed by atoms with Gasteiger partial charge in [-0.2, -0.15) is 0 Å². The van der Waals surface area contributed by atoms with Crippen molar-refractivity contribution in [2.75, 3.05) is 6.54 Å². The Bertz CT molecular complexity index is 656. The molecule has 3 amide bonds. The summed E-state index contributed by atoms with van der Waals surface area (Å²) >= 11 is 0. The van der Waals surface area contributed by atoms with Crippen LogP contribution in [0.3, 0.4) is 0 Å². The highest BCUT2D eigenvalue weighted by Crippen LogP contribution is 2.06. The molecule has 1 aromatic carbocycles. The van der Waals surface area contributed by atoms with Gasteiger partial charge >= 0.3 is 0 Å². The number of benzene rings is 1. The maximum absolute atomic E-state index is 12.5. The predicted molar refractivity (Wildman–Crippen MR) is 111 cm³/mol. The van der Waals surface area contributed by atoms with Crippen LogP contribution in [0.2, 0.25) is 0 Å². The average Bonchev–Trinajstić information content (AvgIpc) is 2.67. The molecule has 0 aliphatic rings. The van der Waals surface area contributed by atoms with Gasteiger partial charge in [0.2, 0.25) is 17.7 Å². The monoisotopic (exact) mass is 387 g/mol. The minimum Gasteiger partial charge on any atom is -0.366 e. The van der Waals surface area contributed by atoms with Gasteiger partial charge in [0.05, 0.1) is 0 Å². The molecule has 6 heteroatoms. The van der Waals surface area contributed by atoms with E-state index < -0.39 is 11.9 Å². The second-order valence-corrected chi connectivity index (χ2v) is 6.95. The number of hydrogen-bond donors (Lipinski definition) is 3. The smallest absolute Gasteiger partial charge is 0.246 e. The molecule has 1 unspecified atom stereocenters. The highest BCUT2D eigenvalue weighted by Gasteiger charge is 2.19. The number of nitrogens with one attached hydrogen (secondary N) is 2. The quantitative estimate of drug-likeness (QED) is 0.358. The van der Waals surface area contributed by atoms with E-state index in [1.165, 1.54) is 13.0 Å². The third-order valence-corrected chi connectivity index (χ3v) is 4.47. The fraction of sp³-hybridized carbons (Fsp3) is 0.500. The minimum absolute atomic E-state index is 0.201. The zero-order valence-electron chi connectivity index (χ0n) is 17.0. The Balaban J connectivity index is 2.57. The first-order chi connectivity index (χ1) is 13.4. The maximum atomic E-state index is 12.5. The highest BCUT2D eigenvalue weighted by atomic mass is 16.2. The van der Waals surface area contributed by atoms with E-state index in [0.29, 0.717) is 19.4 Å². The number of carbonyl (C=O) groups excluding carboxylic acids is 3. The van der Waals surface area contributed by atoms with Crippen LogP contribution < -0.4 is 16.4 Å². The molecule has 1 aromatic rings. The molecule has 154 valence electrons. The van der Waals surface area contributed by atoms with Crippen molar-refractivity contribution >= 4 is 17.7 Å². The fourth-order valence-corrected chi connectivity index (χ4v) is 2.73. The second kappa shape index (κ2) is 13.5. The first kappa shape index (κ1) is 23.4. The molecule has 4 N–H and O–H groups in total. The molecule has 0 saturated heterocycles. The molecule has 28 heavy (non-hydrogen) atoms. The third kappa shape index (κ3) is 9.90. The van der Waals surface area contributed by atoms with E-state index in [-0.39, 0.29) is 17.4 Å². The Morgan fingerprint density at radius 2 is 1.75 bits per heavy atom. The van der Waals surface area contributed by atoms with Crippen molar-refractivity contribution in [2.24, 2.45) is 5.73 Å². The van der Waals surface area contributed by atoms with Gasteiger partial charge in [-0.15, -0.1) is 0 Å². The number of nitrogens with two attached hydrogens (primary N) is 1. The van der Waals surface area contributed by atoms with E-state index in [0.717, 1.165) is 37.7 Å². The van der Waals surface area contributed by atoms with Crippen molar-refractivity contribution < 1.29 is 14.4 Å². The number of primary amides is 1. The van der Waals surface area contributed by atoms with Crippen molar-refractivity contribution in [1.29, 1.82) is 0 Å². The summed E-state index contributed by atoms with van der Waals surface area (Å²) < 4.78 is 0. The molecule has 0 aromatic heterocycles. The highest BCUT2D eigenvalue weighted by molar-refractivity contribution is 5.94. The molecule has 0 bridgehead atoms. The Kier molecular flexibility index (Phi) is 11.3. The molecule has 1 rings (SSSR count). The first-order valence-electron chi connectivity index (χ1n) is 10.0. The Hall–Kier alpha value is -2.63. The van der Waals surface area contributed by atoms with Crippen LogP contribution in [0.5, 0.6) is 0 Å². The van der Waals surface area contributed by atoms with Gasteiger partial charge in [-0.1, -0.05) is 62.9 Å². The van der Waals surface area contributed by atoms with Crippen LogP contribution in [-0.2, 0) is 20.8 Å². The summed E-state index contributed by atoms with van der Waals surface area (Å²) in [5.74, 6) is -1.17. The van der Waals surface area contributed by atoms with E-state index >= 15 is 0 Å². The molecular formula is C22H33N3O3. The van der Waals surface area contributed by atoms with Gasteiger partial charge in [-0.3, -0.25) is 14.4 Å². The zero-order valence-corrected chi connectivity index (χ0v) is 17.0. The van der Waals surface area contributed by atoms with Crippen molar-refractivity contribution in [2.45, 2.75) is 64.8 Å². The maximum Gasteiger partial charge on any atom is 0.246 e. The van der Waals surface area contributed by atoms with E-state index in [4.69, 9.17) is 5.73 Å². The minimum atomic E-state index is -0.911. The van der Waals surface area contributed by atoms with Crippen LogP contribution >= 0.6 is 0 Å². The summed E-state index contributed by atoms with van der Waals surface area (Å²) in [5, 5.41) is 5.52. The first-order valence-corrected chi connectivity index (χ1v) is 10.0. The molecule has 0 radical (unpaired) electrons. The fourth-order valence-electron chi connectivity index (χ4n) is 2.73. The van der Waals surface area contributed by atoms with Crippen LogP contribution in [0.25, 0.3) is 0 Å². The number of carbonyl (C=O) groups is 3. The standard InChI is InChI=1S/C22H33N3O3/c1-3-4-5-6-10-13-20(26)25-19(16-17(2)21(23)27)22(28)24-15-14-18-11-8-7-9-12-18/h7-9,11-12,16,19H,3-6,10,13-15H2,1-2H3,(H2,23,27)(H,24,28)(H,25,26)/b17-16-. The van der Waals surface area contributed by atoms with E-state index in [2.05, 4.69) is 17.6 Å². The molecule has 0 aliphatic heterocycles. The largest absolute Gasteiger partial charge is 0.366 e. The van der Waals surface area contributed by atoms with Gasteiger partial charge in [-0.25, -0.2) is 0 Å². The Morgan fingerprint density at radius 3 is 2.39 bits per heavy atom. The molecule has 1 atom stereocenters. The van der Waals surface area contributed by atoms with Gasteiger partial charge in [0, 0.05) is 18.5 Å². The van der Waals surface area contributed by atoms with Crippen molar-refractivity contribution in [3.8, 4) is 0 Å².